The number of nitrogens with zero attached hydrogens (tertiary/aromatic N) is 2. The molecule has 1 aromatic carbocycles. The van der Waals surface area contributed by atoms with Gasteiger partial charge in [-0.15, -0.1) is 0 Å². The molecule has 2 aromatic rings. The van der Waals surface area contributed by atoms with E-state index in [1.54, 1.807) is 21.9 Å². The second kappa shape index (κ2) is 7.17. The molecule has 1 aliphatic rings. The fourth-order valence-electron chi connectivity index (χ4n) is 2.68. The number of benzene rings is 1. The van der Waals surface area contributed by atoms with Crippen LogP contribution in [0.25, 0.3) is 0 Å². The average molecular weight is 395 g/mol. The number of hydrogen-bond donors (Lipinski definition) is 0. The third-order valence-electron chi connectivity index (χ3n) is 3.95. The predicted molar refractivity (Wildman–Crippen MR) is 89.2 cm³/mol. The summed E-state index contributed by atoms with van der Waals surface area (Å²) in [6.07, 6.45) is 0.681. The molecule has 1 aromatic heterocycles. The minimum atomic E-state index is -0.371. The zero-order valence-electron chi connectivity index (χ0n) is 12.9. The molecule has 2 amide bonds. The molecular formula is C17H16BrFN2O3. The zero-order valence-corrected chi connectivity index (χ0v) is 14.5. The van der Waals surface area contributed by atoms with E-state index >= 15 is 0 Å². The van der Waals surface area contributed by atoms with Crippen LogP contribution in [0.3, 0.4) is 0 Å². The van der Waals surface area contributed by atoms with Crippen LogP contribution in [0, 0.1) is 5.82 Å². The minimum Gasteiger partial charge on any atom is -0.444 e. The Kier molecular flexibility index (Phi) is 4.99. The molecule has 1 aliphatic heterocycles. The summed E-state index contributed by atoms with van der Waals surface area (Å²) < 4.78 is 18.8. The van der Waals surface area contributed by atoms with Gasteiger partial charge in [-0.2, -0.15) is 0 Å². The van der Waals surface area contributed by atoms with Gasteiger partial charge in [0.25, 0.3) is 11.8 Å². The van der Waals surface area contributed by atoms with Crippen LogP contribution in [0.5, 0.6) is 0 Å². The minimum absolute atomic E-state index is 0.148. The Morgan fingerprint density at radius 3 is 2.12 bits per heavy atom. The van der Waals surface area contributed by atoms with E-state index in [2.05, 4.69) is 15.9 Å². The standard InChI is InChI=1S/C17H16BrFN2O3/c18-15-7-6-14(24-15)17(23)21-9-1-8-20(10-11-21)16(22)12-2-4-13(19)5-3-12/h2-7H,1,8-11H2. The van der Waals surface area contributed by atoms with Gasteiger partial charge in [0, 0.05) is 31.7 Å². The fraction of sp³-hybridized carbons (Fsp3) is 0.294. The van der Waals surface area contributed by atoms with E-state index in [1.165, 1.54) is 24.3 Å². The van der Waals surface area contributed by atoms with Crippen molar-refractivity contribution >= 4 is 27.7 Å². The van der Waals surface area contributed by atoms with Gasteiger partial charge in [-0.1, -0.05) is 0 Å². The van der Waals surface area contributed by atoms with E-state index < -0.39 is 0 Å². The molecule has 0 atom stereocenters. The van der Waals surface area contributed by atoms with Crippen molar-refractivity contribution < 1.29 is 18.4 Å². The van der Waals surface area contributed by atoms with Gasteiger partial charge in [0.2, 0.25) is 0 Å². The first-order valence-electron chi connectivity index (χ1n) is 7.64. The number of rotatable bonds is 2. The number of carbonyl (C=O) groups excluding carboxylic acids is 2. The maximum Gasteiger partial charge on any atom is 0.289 e. The first kappa shape index (κ1) is 16.7. The van der Waals surface area contributed by atoms with Gasteiger partial charge in [-0.3, -0.25) is 9.59 Å². The third kappa shape index (κ3) is 3.67. The molecular weight excluding hydrogens is 379 g/mol. The van der Waals surface area contributed by atoms with Crippen molar-refractivity contribution in [3.05, 3.63) is 58.2 Å². The van der Waals surface area contributed by atoms with Crippen LogP contribution in [0.1, 0.15) is 27.3 Å². The SMILES string of the molecule is O=C(c1ccc(F)cc1)N1CCCN(C(=O)c2ccc(Br)o2)CC1. The topological polar surface area (TPSA) is 53.8 Å². The second-order valence-corrected chi connectivity index (χ2v) is 6.33. The second-order valence-electron chi connectivity index (χ2n) is 5.55. The lowest BCUT2D eigenvalue weighted by molar-refractivity contribution is 0.0699. The molecule has 0 N–H and O–H groups in total. The number of furan rings is 1. The smallest absolute Gasteiger partial charge is 0.289 e. The molecule has 5 nitrogen and oxygen atoms in total. The highest BCUT2D eigenvalue weighted by Gasteiger charge is 2.25. The first-order valence-corrected chi connectivity index (χ1v) is 8.43. The lowest BCUT2D eigenvalue weighted by atomic mass is 10.2. The maximum atomic E-state index is 13.0. The maximum absolute atomic E-state index is 13.0. The lowest BCUT2D eigenvalue weighted by Crippen LogP contribution is -2.37. The number of carbonyl (C=O) groups is 2. The predicted octanol–water partition coefficient (Wildman–Crippen LogP) is 3.17. The summed E-state index contributed by atoms with van der Waals surface area (Å²) in [5.41, 5.74) is 0.450. The summed E-state index contributed by atoms with van der Waals surface area (Å²) in [6.45, 7) is 1.99. The van der Waals surface area contributed by atoms with Gasteiger partial charge in [0.1, 0.15) is 5.82 Å². The van der Waals surface area contributed by atoms with Crippen molar-refractivity contribution in [2.75, 3.05) is 26.2 Å². The third-order valence-corrected chi connectivity index (χ3v) is 4.37. The normalized spacial score (nSPS) is 15.2. The molecule has 7 heteroatoms. The van der Waals surface area contributed by atoms with Crippen LogP contribution in [0.15, 0.2) is 45.5 Å². The molecule has 0 spiro atoms. The van der Waals surface area contributed by atoms with E-state index in [0.717, 1.165) is 0 Å². The summed E-state index contributed by atoms with van der Waals surface area (Å²) in [7, 11) is 0. The number of halogens is 2. The Morgan fingerprint density at radius 2 is 1.54 bits per heavy atom. The van der Waals surface area contributed by atoms with Gasteiger partial charge < -0.3 is 14.2 Å². The molecule has 0 saturated carbocycles. The highest BCUT2D eigenvalue weighted by atomic mass is 79.9. The monoisotopic (exact) mass is 394 g/mol. The first-order chi connectivity index (χ1) is 11.5. The Labute approximate surface area is 147 Å². The summed E-state index contributed by atoms with van der Waals surface area (Å²) in [4.78, 5) is 28.3. The van der Waals surface area contributed by atoms with Crippen molar-refractivity contribution in [2.24, 2.45) is 0 Å². The molecule has 0 unspecified atom stereocenters. The zero-order chi connectivity index (χ0) is 17.1. The molecule has 0 bridgehead atoms. The summed E-state index contributed by atoms with van der Waals surface area (Å²) in [5.74, 6) is -0.425. The van der Waals surface area contributed by atoms with Crippen molar-refractivity contribution in [1.29, 1.82) is 0 Å². The van der Waals surface area contributed by atoms with E-state index in [-0.39, 0.29) is 23.4 Å². The van der Waals surface area contributed by atoms with E-state index in [9.17, 15) is 14.0 Å². The quantitative estimate of drug-likeness (QED) is 0.785. The molecule has 0 aliphatic carbocycles. The van der Waals surface area contributed by atoms with Crippen LogP contribution >= 0.6 is 15.9 Å². The Bertz CT molecular complexity index is 745. The van der Waals surface area contributed by atoms with Crippen LogP contribution < -0.4 is 0 Å². The van der Waals surface area contributed by atoms with Crippen LogP contribution in [0.4, 0.5) is 4.39 Å². The largest absolute Gasteiger partial charge is 0.444 e. The molecule has 2 heterocycles. The van der Waals surface area contributed by atoms with E-state index in [1.807, 2.05) is 0 Å². The van der Waals surface area contributed by atoms with Crippen molar-refractivity contribution in [3.63, 3.8) is 0 Å². The van der Waals surface area contributed by atoms with Crippen molar-refractivity contribution in [1.82, 2.24) is 9.80 Å². The highest BCUT2D eigenvalue weighted by Crippen LogP contribution is 2.17. The fourth-order valence-corrected chi connectivity index (χ4v) is 2.99. The summed E-state index contributed by atoms with van der Waals surface area (Å²) >= 11 is 3.18. The summed E-state index contributed by atoms with van der Waals surface area (Å²) in [6, 6.07) is 8.80. The van der Waals surface area contributed by atoms with E-state index in [4.69, 9.17) is 4.42 Å². The van der Waals surface area contributed by atoms with Gasteiger partial charge in [-0.05, 0) is 58.7 Å². The molecule has 3 rings (SSSR count). The number of hydrogen-bond acceptors (Lipinski definition) is 3. The molecule has 1 saturated heterocycles. The highest BCUT2D eigenvalue weighted by molar-refractivity contribution is 9.10. The number of amides is 2. The Hall–Kier alpha value is -2.15. The molecule has 0 radical (unpaired) electrons. The Morgan fingerprint density at radius 1 is 0.917 bits per heavy atom. The van der Waals surface area contributed by atoms with Crippen molar-refractivity contribution in [3.8, 4) is 0 Å². The van der Waals surface area contributed by atoms with Gasteiger partial charge in [-0.25, -0.2) is 4.39 Å². The molecule has 126 valence electrons. The van der Waals surface area contributed by atoms with Crippen molar-refractivity contribution in [2.45, 2.75) is 6.42 Å². The van der Waals surface area contributed by atoms with Crippen LogP contribution in [-0.4, -0.2) is 47.8 Å². The van der Waals surface area contributed by atoms with Gasteiger partial charge in [0.05, 0.1) is 0 Å². The summed E-state index contributed by atoms with van der Waals surface area (Å²) in [5, 5.41) is 0. The lowest BCUT2D eigenvalue weighted by Gasteiger charge is -2.21. The van der Waals surface area contributed by atoms with Gasteiger partial charge >= 0.3 is 0 Å². The molecule has 1 fully saturated rings. The average Bonchev–Trinajstić information content (AvgIpc) is 2.87. The van der Waals surface area contributed by atoms with Crippen LogP contribution in [0.2, 0.25) is 0 Å². The van der Waals surface area contributed by atoms with E-state index in [0.29, 0.717) is 42.8 Å². The van der Waals surface area contributed by atoms with Gasteiger partial charge in [0.15, 0.2) is 10.4 Å². The van der Waals surface area contributed by atoms with Crippen LogP contribution in [-0.2, 0) is 0 Å². The molecule has 24 heavy (non-hydrogen) atoms. The Balaban J connectivity index is 1.65.